The zero-order valence-electron chi connectivity index (χ0n) is 7.57. The predicted octanol–water partition coefficient (Wildman–Crippen LogP) is 1.55. The molecule has 0 spiro atoms. The van der Waals surface area contributed by atoms with Crippen molar-refractivity contribution in [2.75, 3.05) is 0 Å². The van der Waals surface area contributed by atoms with Gasteiger partial charge in [0.05, 0.1) is 4.47 Å². The molecule has 0 aromatic heterocycles. The van der Waals surface area contributed by atoms with Gasteiger partial charge in [-0.15, -0.1) is 0 Å². The van der Waals surface area contributed by atoms with Crippen LogP contribution in [0.5, 0.6) is 5.75 Å². The minimum atomic E-state index is -0.776. The smallest absolute Gasteiger partial charge is 0.259 e. The standard InChI is InChI=1S/C10H7BrN2O2/c11-8-4-6(1-2-9(8)14)3-7(5-12)10(13)15/h1-4,14H,(H2,13,15)/b7-3+. The summed E-state index contributed by atoms with van der Waals surface area (Å²) in [5.41, 5.74) is 5.45. The van der Waals surface area contributed by atoms with Crippen molar-refractivity contribution >= 4 is 27.9 Å². The highest BCUT2D eigenvalue weighted by atomic mass is 79.9. The quantitative estimate of drug-likeness (QED) is 0.629. The third-order valence-corrected chi connectivity index (χ3v) is 2.30. The van der Waals surface area contributed by atoms with Crippen LogP contribution in [0.2, 0.25) is 0 Å². The number of hydrogen-bond donors (Lipinski definition) is 2. The molecule has 3 N–H and O–H groups in total. The molecule has 1 aromatic rings. The van der Waals surface area contributed by atoms with E-state index in [1.807, 2.05) is 0 Å². The van der Waals surface area contributed by atoms with E-state index >= 15 is 0 Å². The number of primary amides is 1. The number of hydrogen-bond acceptors (Lipinski definition) is 3. The van der Waals surface area contributed by atoms with Crippen LogP contribution in [0.15, 0.2) is 28.2 Å². The average Bonchev–Trinajstić information content (AvgIpc) is 2.19. The van der Waals surface area contributed by atoms with E-state index in [0.717, 1.165) is 0 Å². The Hall–Kier alpha value is -1.80. The lowest BCUT2D eigenvalue weighted by molar-refractivity contribution is -0.114. The first-order valence-electron chi connectivity index (χ1n) is 3.94. The van der Waals surface area contributed by atoms with E-state index in [1.54, 1.807) is 18.2 Å². The first kappa shape index (κ1) is 11.3. The van der Waals surface area contributed by atoms with Crippen LogP contribution >= 0.6 is 15.9 Å². The van der Waals surface area contributed by atoms with Gasteiger partial charge in [0.1, 0.15) is 17.4 Å². The van der Waals surface area contributed by atoms with Gasteiger partial charge in [-0.05, 0) is 39.7 Å². The van der Waals surface area contributed by atoms with Crippen molar-refractivity contribution in [1.82, 2.24) is 0 Å². The molecule has 0 unspecified atom stereocenters. The van der Waals surface area contributed by atoms with Gasteiger partial charge in [0.25, 0.3) is 5.91 Å². The summed E-state index contributed by atoms with van der Waals surface area (Å²) in [6.45, 7) is 0. The second-order valence-electron chi connectivity index (χ2n) is 2.74. The molecule has 0 saturated heterocycles. The minimum Gasteiger partial charge on any atom is -0.507 e. The third kappa shape index (κ3) is 2.82. The van der Waals surface area contributed by atoms with E-state index in [2.05, 4.69) is 15.9 Å². The van der Waals surface area contributed by atoms with Gasteiger partial charge in [-0.1, -0.05) is 6.07 Å². The zero-order chi connectivity index (χ0) is 11.4. The topological polar surface area (TPSA) is 87.1 Å². The van der Waals surface area contributed by atoms with Gasteiger partial charge in [-0.2, -0.15) is 5.26 Å². The second kappa shape index (κ2) is 4.62. The summed E-state index contributed by atoms with van der Waals surface area (Å²) in [6, 6.07) is 6.29. The van der Waals surface area contributed by atoms with Gasteiger partial charge in [-0.3, -0.25) is 4.79 Å². The van der Waals surface area contributed by atoms with Gasteiger partial charge in [0.15, 0.2) is 0 Å². The molecule has 0 fully saturated rings. The Morgan fingerprint density at radius 2 is 2.27 bits per heavy atom. The highest BCUT2D eigenvalue weighted by Gasteiger charge is 2.04. The normalized spacial score (nSPS) is 10.8. The lowest BCUT2D eigenvalue weighted by atomic mass is 10.1. The maximum atomic E-state index is 10.8. The van der Waals surface area contributed by atoms with Crippen molar-refractivity contribution in [3.05, 3.63) is 33.8 Å². The van der Waals surface area contributed by atoms with Crippen molar-refractivity contribution in [1.29, 1.82) is 5.26 Å². The SMILES string of the molecule is N#C/C(=C\c1ccc(O)c(Br)c1)C(N)=O. The van der Waals surface area contributed by atoms with Gasteiger partial charge in [0.2, 0.25) is 0 Å². The van der Waals surface area contributed by atoms with E-state index in [4.69, 9.17) is 11.0 Å². The zero-order valence-corrected chi connectivity index (χ0v) is 9.15. The molecule has 1 aromatic carbocycles. The number of carbonyl (C=O) groups excluding carboxylic acids is 1. The molecule has 4 nitrogen and oxygen atoms in total. The number of rotatable bonds is 2. The van der Waals surface area contributed by atoms with Crippen LogP contribution in [0, 0.1) is 11.3 Å². The van der Waals surface area contributed by atoms with Crippen molar-refractivity contribution in [3.63, 3.8) is 0 Å². The fourth-order valence-corrected chi connectivity index (χ4v) is 1.33. The van der Waals surface area contributed by atoms with Crippen molar-refractivity contribution in [3.8, 4) is 11.8 Å². The monoisotopic (exact) mass is 266 g/mol. The highest BCUT2D eigenvalue weighted by Crippen LogP contribution is 2.25. The Morgan fingerprint density at radius 1 is 1.60 bits per heavy atom. The van der Waals surface area contributed by atoms with Gasteiger partial charge in [0, 0.05) is 0 Å². The molecule has 1 rings (SSSR count). The highest BCUT2D eigenvalue weighted by molar-refractivity contribution is 9.10. The number of aromatic hydroxyl groups is 1. The number of halogens is 1. The lowest BCUT2D eigenvalue weighted by Crippen LogP contribution is -2.12. The van der Waals surface area contributed by atoms with Crippen LogP contribution < -0.4 is 5.73 Å². The summed E-state index contributed by atoms with van der Waals surface area (Å²) in [5, 5.41) is 17.8. The molecule has 0 atom stereocenters. The number of benzene rings is 1. The largest absolute Gasteiger partial charge is 0.507 e. The van der Waals surface area contributed by atoms with E-state index in [9.17, 15) is 9.90 Å². The molecule has 0 aliphatic heterocycles. The Balaban J connectivity index is 3.14. The molecule has 1 amide bonds. The lowest BCUT2D eigenvalue weighted by Gasteiger charge is -1.98. The molecule has 0 aliphatic rings. The summed E-state index contributed by atoms with van der Waals surface area (Å²) in [4.78, 5) is 10.8. The molecule has 76 valence electrons. The number of phenols is 1. The summed E-state index contributed by atoms with van der Waals surface area (Å²) in [7, 11) is 0. The summed E-state index contributed by atoms with van der Waals surface area (Å²) >= 11 is 3.12. The number of nitrogens with two attached hydrogens (primary N) is 1. The Bertz CT molecular complexity index is 475. The second-order valence-corrected chi connectivity index (χ2v) is 3.60. The minimum absolute atomic E-state index is 0.0877. The molecule has 0 heterocycles. The Kier molecular flexibility index (Phi) is 3.47. The van der Waals surface area contributed by atoms with Gasteiger partial charge >= 0.3 is 0 Å². The van der Waals surface area contributed by atoms with Gasteiger partial charge in [-0.25, -0.2) is 0 Å². The average molecular weight is 267 g/mol. The Morgan fingerprint density at radius 3 is 2.73 bits per heavy atom. The molecule has 0 bridgehead atoms. The van der Waals surface area contributed by atoms with Gasteiger partial charge < -0.3 is 10.8 Å². The van der Waals surface area contributed by atoms with E-state index in [1.165, 1.54) is 12.1 Å². The number of nitriles is 1. The fraction of sp³-hybridized carbons (Fsp3) is 0. The van der Waals surface area contributed by atoms with E-state index in [-0.39, 0.29) is 11.3 Å². The molecule has 0 saturated carbocycles. The van der Waals surface area contributed by atoms with Crippen LogP contribution in [0.25, 0.3) is 6.08 Å². The van der Waals surface area contributed by atoms with Crippen molar-refractivity contribution < 1.29 is 9.90 Å². The van der Waals surface area contributed by atoms with Crippen LogP contribution in [-0.2, 0) is 4.79 Å². The summed E-state index contributed by atoms with van der Waals surface area (Å²) in [5.74, 6) is -0.688. The predicted molar refractivity (Wildman–Crippen MR) is 58.6 cm³/mol. The van der Waals surface area contributed by atoms with E-state index in [0.29, 0.717) is 10.0 Å². The first-order valence-corrected chi connectivity index (χ1v) is 4.74. The molecule has 0 radical (unpaired) electrons. The molecule has 5 heteroatoms. The van der Waals surface area contributed by atoms with Crippen molar-refractivity contribution in [2.45, 2.75) is 0 Å². The number of carbonyl (C=O) groups is 1. The number of phenolic OH excluding ortho intramolecular Hbond substituents is 1. The molecular weight excluding hydrogens is 260 g/mol. The third-order valence-electron chi connectivity index (χ3n) is 1.67. The summed E-state index contributed by atoms with van der Waals surface area (Å²) in [6.07, 6.45) is 1.35. The van der Waals surface area contributed by atoms with Crippen LogP contribution in [-0.4, -0.2) is 11.0 Å². The number of amides is 1. The van der Waals surface area contributed by atoms with Crippen molar-refractivity contribution in [2.24, 2.45) is 5.73 Å². The van der Waals surface area contributed by atoms with Crippen LogP contribution in [0.4, 0.5) is 0 Å². The fourth-order valence-electron chi connectivity index (χ4n) is 0.938. The molecular formula is C10H7BrN2O2. The molecule has 15 heavy (non-hydrogen) atoms. The Labute approximate surface area is 94.8 Å². The maximum absolute atomic E-state index is 10.8. The van der Waals surface area contributed by atoms with Crippen LogP contribution in [0.1, 0.15) is 5.56 Å². The van der Waals surface area contributed by atoms with E-state index < -0.39 is 5.91 Å². The summed E-state index contributed by atoms with van der Waals surface area (Å²) < 4.78 is 0.484. The number of nitrogens with zero attached hydrogens (tertiary/aromatic N) is 1. The molecule has 0 aliphatic carbocycles. The maximum Gasteiger partial charge on any atom is 0.259 e. The van der Waals surface area contributed by atoms with Crippen LogP contribution in [0.3, 0.4) is 0 Å². The first-order chi connectivity index (χ1) is 7.04.